The highest BCUT2D eigenvalue weighted by Gasteiger charge is 2.28. The van der Waals surface area contributed by atoms with Gasteiger partial charge in [0.1, 0.15) is 17.5 Å². The van der Waals surface area contributed by atoms with Crippen LogP contribution in [0.3, 0.4) is 0 Å². The summed E-state index contributed by atoms with van der Waals surface area (Å²) in [4.78, 5) is 9.25. The number of nitrogens with zero attached hydrogens (tertiary/aromatic N) is 2. The summed E-state index contributed by atoms with van der Waals surface area (Å²) in [7, 11) is 0. The van der Waals surface area contributed by atoms with Gasteiger partial charge in [-0.1, -0.05) is 0 Å². The predicted molar refractivity (Wildman–Crippen MR) is 77.7 cm³/mol. The van der Waals surface area contributed by atoms with Gasteiger partial charge in [0.15, 0.2) is 0 Å². The Morgan fingerprint density at radius 2 is 1.89 bits per heavy atom. The molecule has 0 amide bonds. The molecule has 1 aromatic rings. The first-order valence-corrected chi connectivity index (χ1v) is 7.16. The van der Waals surface area contributed by atoms with E-state index in [1.807, 2.05) is 6.92 Å². The van der Waals surface area contributed by atoms with E-state index < -0.39 is 0 Å². The number of aromatic nitrogens is 2. The molecule has 0 radical (unpaired) electrons. The van der Waals surface area contributed by atoms with Gasteiger partial charge in [0.2, 0.25) is 0 Å². The number of aliphatic hydroxyl groups is 1. The van der Waals surface area contributed by atoms with Crippen LogP contribution in [0, 0.1) is 6.92 Å². The summed E-state index contributed by atoms with van der Waals surface area (Å²) >= 11 is 0. The van der Waals surface area contributed by atoms with Crippen LogP contribution in [-0.4, -0.2) is 34.3 Å². The first kappa shape index (κ1) is 14.1. The molecule has 1 heterocycles. The van der Waals surface area contributed by atoms with Gasteiger partial charge in [0.25, 0.3) is 0 Å². The maximum atomic E-state index is 9.31. The van der Waals surface area contributed by atoms with Crippen LogP contribution in [0.15, 0.2) is 0 Å². The van der Waals surface area contributed by atoms with Gasteiger partial charge in [-0.3, -0.25) is 0 Å². The van der Waals surface area contributed by atoms with Gasteiger partial charge in [-0.05, 0) is 40.0 Å². The Morgan fingerprint density at radius 3 is 2.42 bits per heavy atom. The molecule has 106 valence electrons. The SMILES string of the molecule is CCNc1nc(C2CC2)nc(NCCC(C)O)c1C. The molecular weight excluding hydrogens is 240 g/mol. The van der Waals surface area contributed by atoms with E-state index in [0.29, 0.717) is 5.92 Å². The topological polar surface area (TPSA) is 70.1 Å². The van der Waals surface area contributed by atoms with Gasteiger partial charge < -0.3 is 15.7 Å². The van der Waals surface area contributed by atoms with E-state index in [-0.39, 0.29) is 6.10 Å². The monoisotopic (exact) mass is 264 g/mol. The molecule has 5 nitrogen and oxygen atoms in total. The molecule has 3 N–H and O–H groups in total. The number of hydrogen-bond donors (Lipinski definition) is 3. The lowest BCUT2D eigenvalue weighted by Gasteiger charge is -2.15. The molecule has 1 atom stereocenters. The Labute approximate surface area is 114 Å². The zero-order valence-electron chi connectivity index (χ0n) is 12.0. The van der Waals surface area contributed by atoms with Crippen LogP contribution in [0.25, 0.3) is 0 Å². The Balaban J connectivity index is 2.14. The lowest BCUT2D eigenvalue weighted by molar-refractivity contribution is 0.188. The van der Waals surface area contributed by atoms with Crippen LogP contribution in [0.1, 0.15) is 50.4 Å². The van der Waals surface area contributed by atoms with Crippen LogP contribution in [0.2, 0.25) is 0 Å². The summed E-state index contributed by atoms with van der Waals surface area (Å²) in [5.74, 6) is 3.31. The quantitative estimate of drug-likeness (QED) is 0.705. The average molecular weight is 264 g/mol. The number of nitrogens with one attached hydrogen (secondary N) is 2. The maximum Gasteiger partial charge on any atom is 0.136 e. The molecule has 1 aromatic heterocycles. The van der Waals surface area contributed by atoms with Crippen molar-refractivity contribution in [2.45, 2.75) is 52.1 Å². The fraction of sp³-hybridized carbons (Fsp3) is 0.714. The Hall–Kier alpha value is -1.36. The number of anilines is 2. The van der Waals surface area contributed by atoms with Gasteiger partial charge in [0, 0.05) is 24.6 Å². The highest BCUT2D eigenvalue weighted by Crippen LogP contribution is 2.39. The molecule has 0 saturated heterocycles. The van der Waals surface area contributed by atoms with Gasteiger partial charge in [-0.15, -0.1) is 0 Å². The minimum atomic E-state index is -0.286. The van der Waals surface area contributed by atoms with Crippen LogP contribution in [0.4, 0.5) is 11.6 Å². The molecule has 0 aliphatic heterocycles. The van der Waals surface area contributed by atoms with Crippen molar-refractivity contribution in [3.8, 4) is 0 Å². The summed E-state index contributed by atoms with van der Waals surface area (Å²) in [6, 6.07) is 0. The number of aliphatic hydroxyl groups excluding tert-OH is 1. The number of hydrogen-bond acceptors (Lipinski definition) is 5. The van der Waals surface area contributed by atoms with Crippen molar-refractivity contribution >= 4 is 11.6 Å². The molecule has 19 heavy (non-hydrogen) atoms. The molecule has 5 heteroatoms. The smallest absolute Gasteiger partial charge is 0.136 e. The molecule has 1 aliphatic rings. The maximum absolute atomic E-state index is 9.31. The van der Waals surface area contributed by atoms with Crippen LogP contribution < -0.4 is 10.6 Å². The molecule has 0 spiro atoms. The van der Waals surface area contributed by atoms with Crippen molar-refractivity contribution in [3.63, 3.8) is 0 Å². The highest BCUT2D eigenvalue weighted by atomic mass is 16.3. The van der Waals surface area contributed by atoms with E-state index in [1.54, 1.807) is 6.92 Å². The summed E-state index contributed by atoms with van der Waals surface area (Å²) in [6.07, 6.45) is 2.83. The third-order valence-corrected chi connectivity index (χ3v) is 3.30. The third-order valence-electron chi connectivity index (χ3n) is 3.30. The predicted octanol–water partition coefficient (Wildman–Crippen LogP) is 2.28. The first-order chi connectivity index (χ1) is 9.11. The van der Waals surface area contributed by atoms with Gasteiger partial charge in [-0.25, -0.2) is 9.97 Å². The van der Waals surface area contributed by atoms with Crippen molar-refractivity contribution in [2.24, 2.45) is 0 Å². The normalized spacial score (nSPS) is 16.2. The number of rotatable bonds is 7. The molecular formula is C14H24N4O. The minimum absolute atomic E-state index is 0.286. The van der Waals surface area contributed by atoms with Crippen LogP contribution in [0.5, 0.6) is 0 Å². The van der Waals surface area contributed by atoms with Gasteiger partial charge in [-0.2, -0.15) is 0 Å². The summed E-state index contributed by atoms with van der Waals surface area (Å²) < 4.78 is 0. The molecule has 2 rings (SSSR count). The van der Waals surface area contributed by atoms with E-state index in [2.05, 4.69) is 27.5 Å². The third kappa shape index (κ3) is 3.80. The Kier molecular flexibility index (Phi) is 4.58. The standard InChI is InChI=1S/C14H24N4O/c1-4-15-12-10(3)13(16-8-7-9(2)19)18-14(17-12)11-5-6-11/h9,11,19H,4-8H2,1-3H3,(H2,15,16,17,18). The van der Waals surface area contributed by atoms with Gasteiger partial charge in [0.05, 0.1) is 6.10 Å². The summed E-state index contributed by atoms with van der Waals surface area (Å²) in [6.45, 7) is 7.48. The van der Waals surface area contributed by atoms with Crippen LogP contribution in [-0.2, 0) is 0 Å². The van der Waals surface area contributed by atoms with Crippen molar-refractivity contribution in [1.82, 2.24) is 9.97 Å². The van der Waals surface area contributed by atoms with Crippen molar-refractivity contribution < 1.29 is 5.11 Å². The van der Waals surface area contributed by atoms with Crippen molar-refractivity contribution in [3.05, 3.63) is 11.4 Å². The fourth-order valence-corrected chi connectivity index (χ4v) is 1.97. The highest BCUT2D eigenvalue weighted by molar-refractivity contribution is 5.57. The largest absolute Gasteiger partial charge is 0.393 e. The molecule has 1 fully saturated rings. The molecule has 0 bridgehead atoms. The van der Waals surface area contributed by atoms with E-state index in [1.165, 1.54) is 12.8 Å². The average Bonchev–Trinajstić information content (AvgIpc) is 3.17. The second kappa shape index (κ2) is 6.19. The first-order valence-electron chi connectivity index (χ1n) is 7.16. The Morgan fingerprint density at radius 1 is 1.26 bits per heavy atom. The lowest BCUT2D eigenvalue weighted by Crippen LogP contribution is -2.14. The minimum Gasteiger partial charge on any atom is -0.393 e. The summed E-state index contributed by atoms with van der Waals surface area (Å²) in [5, 5.41) is 15.9. The lowest BCUT2D eigenvalue weighted by atomic mass is 10.2. The second-order valence-corrected chi connectivity index (χ2v) is 5.27. The van der Waals surface area contributed by atoms with Gasteiger partial charge >= 0.3 is 0 Å². The Bertz CT molecular complexity index is 430. The molecule has 0 aromatic carbocycles. The van der Waals surface area contributed by atoms with E-state index in [0.717, 1.165) is 42.5 Å². The van der Waals surface area contributed by atoms with Crippen molar-refractivity contribution in [2.75, 3.05) is 23.7 Å². The molecule has 1 saturated carbocycles. The molecule has 1 aliphatic carbocycles. The summed E-state index contributed by atoms with van der Waals surface area (Å²) in [5.41, 5.74) is 1.05. The van der Waals surface area contributed by atoms with E-state index in [9.17, 15) is 5.11 Å². The van der Waals surface area contributed by atoms with Crippen molar-refractivity contribution in [1.29, 1.82) is 0 Å². The zero-order chi connectivity index (χ0) is 13.8. The fourth-order valence-electron chi connectivity index (χ4n) is 1.97. The van der Waals surface area contributed by atoms with Crippen LogP contribution >= 0.6 is 0 Å². The molecule has 1 unspecified atom stereocenters. The zero-order valence-corrected chi connectivity index (χ0v) is 12.0. The van der Waals surface area contributed by atoms with E-state index >= 15 is 0 Å². The van der Waals surface area contributed by atoms with E-state index in [4.69, 9.17) is 0 Å². The second-order valence-electron chi connectivity index (χ2n) is 5.27.